The molecule has 0 aromatic heterocycles. The summed E-state index contributed by atoms with van der Waals surface area (Å²) in [7, 11) is 0. The number of carbonyl (C=O) groups excluding carboxylic acids is 2. The van der Waals surface area contributed by atoms with Crippen molar-refractivity contribution in [1.29, 1.82) is 0 Å². The molecule has 98 valence electrons. The minimum absolute atomic E-state index is 0.106. The van der Waals surface area contributed by atoms with Gasteiger partial charge in [0.1, 0.15) is 11.8 Å². The van der Waals surface area contributed by atoms with Crippen molar-refractivity contribution in [3.05, 3.63) is 35.9 Å². The number of nitrogens with one attached hydrogen (secondary N) is 2. The molecule has 0 saturated heterocycles. The Labute approximate surface area is 116 Å². The second-order valence-electron chi connectivity index (χ2n) is 3.60. The third-order valence-electron chi connectivity index (χ3n) is 2.28. The summed E-state index contributed by atoms with van der Waals surface area (Å²) < 4.78 is 0. The second-order valence-corrected chi connectivity index (χ2v) is 4.14. The molecule has 0 bridgehead atoms. The fraction of sp³-hybridized carbons (Fsp3) is 0.333. The maximum atomic E-state index is 11.3. The first-order valence-corrected chi connectivity index (χ1v) is 6.47. The topological polar surface area (TPSA) is 58.2 Å². The van der Waals surface area contributed by atoms with Crippen molar-refractivity contribution in [2.75, 3.05) is 18.3 Å². The molecular formula is C12H14Cl2N2O2. The Hall–Kier alpha value is -1.26. The zero-order valence-electron chi connectivity index (χ0n) is 9.66. The zero-order valence-corrected chi connectivity index (χ0v) is 11.2. The molecule has 0 aliphatic carbocycles. The van der Waals surface area contributed by atoms with Gasteiger partial charge in [0.25, 0.3) is 0 Å². The molecule has 1 rings (SSSR count). The van der Waals surface area contributed by atoms with Crippen LogP contribution in [0.2, 0.25) is 0 Å². The summed E-state index contributed by atoms with van der Waals surface area (Å²) in [4.78, 5) is 22.4. The fourth-order valence-electron chi connectivity index (χ4n) is 1.43. The van der Waals surface area contributed by atoms with E-state index >= 15 is 0 Å². The van der Waals surface area contributed by atoms with Crippen molar-refractivity contribution in [3.8, 4) is 0 Å². The van der Waals surface area contributed by atoms with Crippen molar-refractivity contribution in [2.45, 2.75) is 6.04 Å². The van der Waals surface area contributed by atoms with Gasteiger partial charge in [-0.15, -0.1) is 23.2 Å². The van der Waals surface area contributed by atoms with Gasteiger partial charge in [0.05, 0.1) is 6.04 Å². The lowest BCUT2D eigenvalue weighted by molar-refractivity contribution is -0.121. The second kappa shape index (κ2) is 7.95. The summed E-state index contributed by atoms with van der Waals surface area (Å²) in [6.07, 6.45) is 0. The van der Waals surface area contributed by atoms with Gasteiger partial charge < -0.3 is 10.6 Å². The molecule has 1 aromatic rings. The summed E-state index contributed by atoms with van der Waals surface area (Å²) >= 11 is 10.8. The lowest BCUT2D eigenvalue weighted by atomic mass is 10.1. The molecule has 0 aliphatic rings. The highest BCUT2D eigenvalue weighted by Crippen LogP contribution is 2.11. The molecule has 2 N–H and O–H groups in total. The summed E-state index contributed by atoms with van der Waals surface area (Å²) in [5.74, 6) is -0.791. The van der Waals surface area contributed by atoms with E-state index in [0.717, 1.165) is 5.56 Å². The Bertz CT molecular complexity index is 398. The van der Waals surface area contributed by atoms with Gasteiger partial charge in [-0.25, -0.2) is 0 Å². The highest BCUT2D eigenvalue weighted by atomic mass is 35.5. The summed E-state index contributed by atoms with van der Waals surface area (Å²) in [6.45, 7) is 0.276. The van der Waals surface area contributed by atoms with E-state index in [9.17, 15) is 9.59 Å². The van der Waals surface area contributed by atoms with E-state index in [4.69, 9.17) is 23.2 Å². The molecule has 1 aromatic carbocycles. The van der Waals surface area contributed by atoms with Crippen molar-refractivity contribution in [2.24, 2.45) is 0 Å². The molecule has 0 radical (unpaired) electrons. The van der Waals surface area contributed by atoms with Crippen molar-refractivity contribution in [1.82, 2.24) is 10.6 Å². The van der Waals surface area contributed by atoms with E-state index in [2.05, 4.69) is 10.6 Å². The molecule has 4 nitrogen and oxygen atoms in total. The number of amides is 2. The molecule has 0 saturated carbocycles. The molecule has 0 heterocycles. The van der Waals surface area contributed by atoms with Crippen LogP contribution in [0.15, 0.2) is 30.3 Å². The van der Waals surface area contributed by atoms with Gasteiger partial charge in [0, 0.05) is 6.54 Å². The van der Waals surface area contributed by atoms with Crippen LogP contribution in [0.4, 0.5) is 0 Å². The number of rotatable bonds is 6. The van der Waals surface area contributed by atoms with Crippen molar-refractivity contribution < 1.29 is 9.59 Å². The van der Waals surface area contributed by atoms with Crippen LogP contribution < -0.4 is 10.6 Å². The first-order valence-electron chi connectivity index (χ1n) is 5.40. The first kappa shape index (κ1) is 14.8. The number of benzene rings is 1. The standard InChI is InChI=1S/C12H14Cl2N2O2/c13-6-11(17)15-8-10(16-12(18)7-14)9-4-2-1-3-5-9/h1-5,10H,6-8H2,(H,15,17)(H,16,18)/t10-/m0/s1. The fourth-order valence-corrected chi connectivity index (χ4v) is 1.61. The minimum Gasteiger partial charge on any atom is -0.353 e. The highest BCUT2D eigenvalue weighted by Gasteiger charge is 2.14. The van der Waals surface area contributed by atoms with Crippen LogP contribution in [0.25, 0.3) is 0 Å². The van der Waals surface area contributed by atoms with Gasteiger partial charge in [0.15, 0.2) is 0 Å². The normalized spacial score (nSPS) is 11.7. The van der Waals surface area contributed by atoms with E-state index in [1.165, 1.54) is 0 Å². The smallest absolute Gasteiger partial charge is 0.235 e. The monoisotopic (exact) mass is 288 g/mol. The molecule has 0 aliphatic heterocycles. The average Bonchev–Trinajstić information content (AvgIpc) is 2.43. The Morgan fingerprint density at radius 1 is 1.06 bits per heavy atom. The van der Waals surface area contributed by atoms with Gasteiger partial charge in [-0.1, -0.05) is 30.3 Å². The Morgan fingerprint density at radius 2 is 1.67 bits per heavy atom. The molecule has 0 unspecified atom stereocenters. The van der Waals surface area contributed by atoms with Crippen molar-refractivity contribution in [3.63, 3.8) is 0 Å². The number of halogens is 2. The Morgan fingerprint density at radius 3 is 2.22 bits per heavy atom. The van der Waals surface area contributed by atoms with E-state index in [0.29, 0.717) is 0 Å². The summed E-state index contributed by atoms with van der Waals surface area (Å²) in [5, 5.41) is 5.37. The number of hydrogen-bond donors (Lipinski definition) is 2. The lowest BCUT2D eigenvalue weighted by Crippen LogP contribution is -2.38. The minimum atomic E-state index is -0.315. The van der Waals surface area contributed by atoms with Gasteiger partial charge in [-0.05, 0) is 5.56 Å². The zero-order chi connectivity index (χ0) is 13.4. The highest BCUT2D eigenvalue weighted by molar-refractivity contribution is 6.27. The molecule has 1 atom stereocenters. The predicted octanol–water partition coefficient (Wildman–Crippen LogP) is 1.44. The molecular weight excluding hydrogens is 275 g/mol. The van der Waals surface area contributed by atoms with Crippen LogP contribution >= 0.6 is 23.2 Å². The molecule has 6 heteroatoms. The number of hydrogen-bond acceptors (Lipinski definition) is 2. The largest absolute Gasteiger partial charge is 0.353 e. The van der Waals surface area contributed by atoms with Gasteiger partial charge >= 0.3 is 0 Å². The summed E-state index contributed by atoms with van der Waals surface area (Å²) in [6, 6.07) is 9.01. The van der Waals surface area contributed by atoms with E-state index in [1.807, 2.05) is 30.3 Å². The molecule has 2 amide bonds. The van der Waals surface area contributed by atoms with Crippen LogP contribution in [-0.4, -0.2) is 30.1 Å². The van der Waals surface area contributed by atoms with Crippen LogP contribution in [0, 0.1) is 0 Å². The predicted molar refractivity (Wildman–Crippen MR) is 71.8 cm³/mol. The van der Waals surface area contributed by atoms with Gasteiger partial charge in [-0.2, -0.15) is 0 Å². The average molecular weight is 289 g/mol. The number of carbonyl (C=O) groups is 2. The third-order valence-corrected chi connectivity index (χ3v) is 2.77. The van der Waals surface area contributed by atoms with Crippen molar-refractivity contribution >= 4 is 35.0 Å². The number of alkyl halides is 2. The van der Waals surface area contributed by atoms with Crippen LogP contribution in [-0.2, 0) is 9.59 Å². The third kappa shape index (κ3) is 4.94. The SMILES string of the molecule is O=C(CCl)NC[C@H](NC(=O)CCl)c1ccccc1. The molecule has 18 heavy (non-hydrogen) atoms. The van der Waals surface area contributed by atoms with E-state index < -0.39 is 0 Å². The summed E-state index contributed by atoms with van der Waals surface area (Å²) in [5.41, 5.74) is 0.894. The van der Waals surface area contributed by atoms with Crippen LogP contribution in [0.1, 0.15) is 11.6 Å². The van der Waals surface area contributed by atoms with Crippen LogP contribution in [0.5, 0.6) is 0 Å². The first-order chi connectivity index (χ1) is 8.67. The Balaban J connectivity index is 2.69. The van der Waals surface area contributed by atoms with Crippen LogP contribution in [0.3, 0.4) is 0 Å². The maximum absolute atomic E-state index is 11.3. The van der Waals surface area contributed by atoms with Gasteiger partial charge in [0.2, 0.25) is 11.8 Å². The van der Waals surface area contributed by atoms with E-state index in [-0.39, 0.29) is 36.2 Å². The molecule has 0 fully saturated rings. The maximum Gasteiger partial charge on any atom is 0.235 e. The van der Waals surface area contributed by atoms with Gasteiger partial charge in [-0.3, -0.25) is 9.59 Å². The lowest BCUT2D eigenvalue weighted by Gasteiger charge is -2.19. The molecule has 0 spiro atoms. The van der Waals surface area contributed by atoms with E-state index in [1.54, 1.807) is 0 Å². The Kier molecular flexibility index (Phi) is 6.54. The quantitative estimate of drug-likeness (QED) is 0.778.